The van der Waals surface area contributed by atoms with E-state index < -0.39 is 15.1 Å². The van der Waals surface area contributed by atoms with Gasteiger partial charge in [0, 0.05) is 17.5 Å². The Labute approximate surface area is 95.4 Å². The van der Waals surface area contributed by atoms with Crippen molar-refractivity contribution in [3.63, 3.8) is 0 Å². The highest BCUT2D eigenvalue weighted by atomic mass is 32.2. The quantitative estimate of drug-likeness (QED) is 0.636. The van der Waals surface area contributed by atoms with Crippen molar-refractivity contribution in [1.82, 2.24) is 0 Å². The average molecular weight is 241 g/mol. The number of hydrogen-bond acceptors (Lipinski definition) is 4. The number of carbonyl (C=O) groups excluding carboxylic acids is 1. The van der Waals surface area contributed by atoms with Gasteiger partial charge in [0.1, 0.15) is 5.25 Å². The number of anilines is 1. The maximum Gasteiger partial charge on any atom is 0.180 e. The Morgan fingerprint density at radius 2 is 1.81 bits per heavy atom. The number of sulfone groups is 1. The largest absolute Gasteiger partial charge is 0.399 e. The Morgan fingerprint density at radius 3 is 2.19 bits per heavy atom. The summed E-state index contributed by atoms with van der Waals surface area (Å²) in [7, 11) is -3.35. The SMILES string of the molecule is CC[C@@H](C(=O)c1ccc(N)cc1)S(C)(=O)=O. The molecule has 4 nitrogen and oxygen atoms in total. The fourth-order valence-corrected chi connectivity index (χ4v) is 2.65. The number of carbonyl (C=O) groups is 1. The van der Waals surface area contributed by atoms with Crippen molar-refractivity contribution in [2.75, 3.05) is 12.0 Å². The van der Waals surface area contributed by atoms with E-state index in [1.165, 1.54) is 0 Å². The van der Waals surface area contributed by atoms with Crippen LogP contribution in [-0.2, 0) is 9.84 Å². The normalized spacial score (nSPS) is 13.4. The van der Waals surface area contributed by atoms with Gasteiger partial charge in [0.25, 0.3) is 0 Å². The number of hydrogen-bond donors (Lipinski definition) is 1. The molecule has 0 saturated carbocycles. The van der Waals surface area contributed by atoms with E-state index in [0.717, 1.165) is 6.26 Å². The monoisotopic (exact) mass is 241 g/mol. The van der Waals surface area contributed by atoms with Crippen LogP contribution >= 0.6 is 0 Å². The summed E-state index contributed by atoms with van der Waals surface area (Å²) < 4.78 is 22.8. The second-order valence-electron chi connectivity index (χ2n) is 3.71. The van der Waals surface area contributed by atoms with Gasteiger partial charge >= 0.3 is 0 Å². The second kappa shape index (κ2) is 4.65. The number of nitrogen functional groups attached to an aromatic ring is 1. The summed E-state index contributed by atoms with van der Waals surface area (Å²) in [5, 5.41) is -0.962. The summed E-state index contributed by atoms with van der Waals surface area (Å²) >= 11 is 0. The summed E-state index contributed by atoms with van der Waals surface area (Å²) in [5.41, 5.74) is 6.42. The predicted molar refractivity (Wildman–Crippen MR) is 64.1 cm³/mol. The van der Waals surface area contributed by atoms with E-state index in [4.69, 9.17) is 5.73 Å². The molecule has 16 heavy (non-hydrogen) atoms. The van der Waals surface area contributed by atoms with E-state index in [-0.39, 0.29) is 12.2 Å². The van der Waals surface area contributed by atoms with Gasteiger partial charge in [0.15, 0.2) is 15.6 Å². The predicted octanol–water partition coefficient (Wildman–Crippen LogP) is 1.27. The van der Waals surface area contributed by atoms with Crippen molar-refractivity contribution in [1.29, 1.82) is 0 Å². The van der Waals surface area contributed by atoms with E-state index in [0.29, 0.717) is 11.3 Å². The molecule has 0 spiro atoms. The number of benzene rings is 1. The van der Waals surface area contributed by atoms with E-state index in [1.54, 1.807) is 31.2 Å². The van der Waals surface area contributed by atoms with Crippen molar-refractivity contribution in [3.05, 3.63) is 29.8 Å². The zero-order valence-electron chi connectivity index (χ0n) is 9.30. The zero-order chi connectivity index (χ0) is 12.3. The third-order valence-corrected chi connectivity index (χ3v) is 3.96. The highest BCUT2D eigenvalue weighted by Gasteiger charge is 2.27. The Bertz CT molecular complexity index is 476. The standard InChI is InChI=1S/C11H15NO3S/c1-3-10(16(2,14)15)11(13)8-4-6-9(12)7-5-8/h4-7,10H,3,12H2,1-2H3/t10-/m0/s1. The molecular weight excluding hydrogens is 226 g/mol. The molecule has 1 aromatic rings. The number of ketones is 1. The highest BCUT2D eigenvalue weighted by molar-refractivity contribution is 7.92. The maximum atomic E-state index is 11.9. The fourth-order valence-electron chi connectivity index (χ4n) is 1.52. The van der Waals surface area contributed by atoms with Gasteiger partial charge in [-0.1, -0.05) is 6.92 Å². The van der Waals surface area contributed by atoms with Crippen molar-refractivity contribution in [2.24, 2.45) is 0 Å². The van der Waals surface area contributed by atoms with Crippen LogP contribution in [0.3, 0.4) is 0 Å². The molecule has 1 aromatic carbocycles. The molecule has 0 aliphatic rings. The lowest BCUT2D eigenvalue weighted by Crippen LogP contribution is -2.28. The molecule has 1 rings (SSSR count). The summed E-state index contributed by atoms with van der Waals surface area (Å²) in [6.07, 6.45) is 1.36. The summed E-state index contributed by atoms with van der Waals surface area (Å²) in [6, 6.07) is 6.27. The van der Waals surface area contributed by atoms with Crippen molar-refractivity contribution in [3.8, 4) is 0 Å². The molecule has 0 radical (unpaired) electrons. The molecule has 0 heterocycles. The minimum atomic E-state index is -3.35. The van der Waals surface area contributed by atoms with Crippen molar-refractivity contribution < 1.29 is 13.2 Å². The molecule has 0 fully saturated rings. The molecule has 2 N–H and O–H groups in total. The molecule has 0 aliphatic heterocycles. The third-order valence-electron chi connectivity index (χ3n) is 2.38. The van der Waals surface area contributed by atoms with Gasteiger partial charge in [-0.3, -0.25) is 4.79 Å². The molecule has 0 unspecified atom stereocenters. The van der Waals surface area contributed by atoms with Gasteiger partial charge in [-0.05, 0) is 30.7 Å². The van der Waals surface area contributed by atoms with E-state index in [9.17, 15) is 13.2 Å². The zero-order valence-corrected chi connectivity index (χ0v) is 10.1. The molecule has 0 saturated heterocycles. The number of Topliss-reactive ketones (excluding diaryl/α,β-unsaturated/α-hetero) is 1. The smallest absolute Gasteiger partial charge is 0.180 e. The minimum absolute atomic E-state index is 0.280. The fraction of sp³-hybridized carbons (Fsp3) is 0.364. The summed E-state index contributed by atoms with van der Waals surface area (Å²) in [5.74, 6) is -0.370. The van der Waals surface area contributed by atoms with Gasteiger partial charge in [-0.2, -0.15) is 0 Å². The average Bonchev–Trinajstić information content (AvgIpc) is 2.17. The van der Waals surface area contributed by atoms with Gasteiger partial charge in [-0.25, -0.2) is 8.42 Å². The molecule has 0 bridgehead atoms. The van der Waals surface area contributed by atoms with Crippen LogP contribution in [0.25, 0.3) is 0 Å². The summed E-state index contributed by atoms with van der Waals surface area (Å²) in [4.78, 5) is 11.9. The van der Waals surface area contributed by atoms with Gasteiger partial charge in [-0.15, -0.1) is 0 Å². The molecule has 88 valence electrons. The first-order chi connectivity index (χ1) is 7.36. The highest BCUT2D eigenvalue weighted by Crippen LogP contribution is 2.14. The van der Waals surface area contributed by atoms with E-state index >= 15 is 0 Å². The molecule has 0 amide bonds. The maximum absolute atomic E-state index is 11.9. The minimum Gasteiger partial charge on any atom is -0.399 e. The first-order valence-electron chi connectivity index (χ1n) is 4.95. The van der Waals surface area contributed by atoms with Crippen molar-refractivity contribution in [2.45, 2.75) is 18.6 Å². The van der Waals surface area contributed by atoms with Crippen LogP contribution in [0.4, 0.5) is 5.69 Å². The first kappa shape index (κ1) is 12.7. The third kappa shape index (κ3) is 2.82. The van der Waals surface area contributed by atoms with Gasteiger partial charge < -0.3 is 5.73 Å². The molecule has 1 atom stereocenters. The Balaban J connectivity index is 3.06. The van der Waals surface area contributed by atoms with Gasteiger partial charge in [0.2, 0.25) is 0 Å². The number of nitrogens with two attached hydrogens (primary N) is 1. The molecule has 0 aromatic heterocycles. The molecule has 5 heteroatoms. The molecule has 0 aliphatic carbocycles. The number of rotatable bonds is 4. The van der Waals surface area contributed by atoms with Crippen LogP contribution < -0.4 is 5.73 Å². The lowest BCUT2D eigenvalue weighted by molar-refractivity contribution is 0.0985. The van der Waals surface area contributed by atoms with Gasteiger partial charge in [0.05, 0.1) is 0 Å². The van der Waals surface area contributed by atoms with Crippen LogP contribution in [0.5, 0.6) is 0 Å². The van der Waals surface area contributed by atoms with E-state index in [1.807, 2.05) is 0 Å². The first-order valence-corrected chi connectivity index (χ1v) is 6.90. The van der Waals surface area contributed by atoms with E-state index in [2.05, 4.69) is 0 Å². The Kier molecular flexibility index (Phi) is 3.70. The second-order valence-corrected chi connectivity index (χ2v) is 5.94. The molecular formula is C11H15NO3S. The Morgan fingerprint density at radius 1 is 1.31 bits per heavy atom. The van der Waals surface area contributed by atoms with Crippen LogP contribution in [0.2, 0.25) is 0 Å². The summed E-state index contributed by atoms with van der Waals surface area (Å²) in [6.45, 7) is 1.68. The van der Waals surface area contributed by atoms with Crippen LogP contribution in [-0.4, -0.2) is 25.7 Å². The van der Waals surface area contributed by atoms with Crippen LogP contribution in [0.1, 0.15) is 23.7 Å². The lowest BCUT2D eigenvalue weighted by atomic mass is 10.1. The Hall–Kier alpha value is -1.36. The van der Waals surface area contributed by atoms with Crippen molar-refractivity contribution >= 4 is 21.3 Å². The van der Waals surface area contributed by atoms with Crippen LogP contribution in [0.15, 0.2) is 24.3 Å². The van der Waals surface area contributed by atoms with Crippen LogP contribution in [0, 0.1) is 0 Å². The topological polar surface area (TPSA) is 77.2 Å². The lowest BCUT2D eigenvalue weighted by Gasteiger charge is -2.11.